The quantitative estimate of drug-likeness (QED) is 0.451. The Labute approximate surface area is 72.9 Å². The van der Waals surface area contributed by atoms with Crippen LogP contribution in [0.5, 0.6) is 0 Å². The summed E-state index contributed by atoms with van der Waals surface area (Å²) in [5, 5.41) is 27.9. The summed E-state index contributed by atoms with van der Waals surface area (Å²) in [4.78, 5) is 0. The molecule has 0 heterocycles. The molecule has 3 N–H and O–H groups in total. The molecule has 4 nitrogen and oxygen atoms in total. The number of ether oxygens (including phenoxy) is 1. The summed E-state index contributed by atoms with van der Waals surface area (Å²) < 4.78 is 4.84. The molecular weight excluding hydrogens is 216 g/mol. The summed E-state index contributed by atoms with van der Waals surface area (Å²) in [6, 6.07) is 0. The highest BCUT2D eigenvalue weighted by Gasteiger charge is 2.58. The van der Waals surface area contributed by atoms with Gasteiger partial charge in [0.1, 0.15) is 0 Å². The molecule has 0 radical (unpaired) electrons. The maximum Gasteiger partial charge on any atom is 0.221 e. The molecule has 1 aliphatic carbocycles. The van der Waals surface area contributed by atoms with Gasteiger partial charge in [-0.15, -0.1) is 0 Å². The molecule has 0 aromatic rings. The Morgan fingerprint density at radius 2 is 1.91 bits per heavy atom. The maximum absolute atomic E-state index is 9.33. The topological polar surface area (TPSA) is 69.9 Å². The first-order valence-corrected chi connectivity index (χ1v) is 4.51. The van der Waals surface area contributed by atoms with Gasteiger partial charge in [0.2, 0.25) is 11.6 Å². The average molecular weight is 227 g/mol. The summed E-state index contributed by atoms with van der Waals surface area (Å²) in [5.41, 5.74) is 0. The molecule has 1 rings (SSSR count). The minimum atomic E-state index is -2.06. The smallest absolute Gasteiger partial charge is 0.221 e. The van der Waals surface area contributed by atoms with Crippen molar-refractivity contribution in [3.8, 4) is 0 Å². The van der Waals surface area contributed by atoms with Gasteiger partial charge < -0.3 is 20.1 Å². The highest BCUT2D eigenvalue weighted by molar-refractivity contribution is 9.09. The largest absolute Gasteiger partial charge is 0.361 e. The fraction of sp³-hybridized carbons (Fsp3) is 1.00. The van der Waals surface area contributed by atoms with E-state index in [1.807, 2.05) is 0 Å². The Hall–Kier alpha value is 0.320. The third-order valence-corrected chi connectivity index (χ3v) is 2.18. The van der Waals surface area contributed by atoms with Gasteiger partial charge in [0.15, 0.2) is 0 Å². The minimum absolute atomic E-state index is 0.159. The van der Waals surface area contributed by atoms with Gasteiger partial charge in [0, 0.05) is 18.2 Å². The fourth-order valence-corrected chi connectivity index (χ4v) is 1.12. The Morgan fingerprint density at radius 1 is 1.27 bits per heavy atom. The molecule has 0 amide bonds. The fourth-order valence-electron chi connectivity index (χ4n) is 0.958. The Bertz CT molecular complexity index is 150. The van der Waals surface area contributed by atoms with Crippen molar-refractivity contribution in [1.82, 2.24) is 0 Å². The van der Waals surface area contributed by atoms with Crippen molar-refractivity contribution in [2.24, 2.45) is 0 Å². The first-order chi connectivity index (χ1) is 5.02. The molecular formula is C6H11BrO4. The maximum atomic E-state index is 9.33. The van der Waals surface area contributed by atoms with E-state index in [2.05, 4.69) is 15.9 Å². The molecule has 5 heteroatoms. The van der Waals surface area contributed by atoms with Crippen molar-refractivity contribution >= 4 is 15.9 Å². The first-order valence-electron chi connectivity index (χ1n) is 3.39. The molecule has 1 fully saturated rings. The summed E-state index contributed by atoms with van der Waals surface area (Å²) in [6.45, 7) is 0.263. The Kier molecular flexibility index (Phi) is 2.56. The SMILES string of the molecule is OC1(O)CCC1(O)OCCBr. The lowest BCUT2D eigenvalue weighted by molar-refractivity contribution is -0.422. The van der Waals surface area contributed by atoms with E-state index < -0.39 is 11.6 Å². The average Bonchev–Trinajstić information content (AvgIpc) is 1.98. The van der Waals surface area contributed by atoms with Crippen LogP contribution >= 0.6 is 15.9 Å². The third kappa shape index (κ3) is 1.57. The zero-order valence-corrected chi connectivity index (χ0v) is 7.54. The number of rotatable bonds is 3. The molecule has 0 spiro atoms. The Balaban J connectivity index is 2.41. The van der Waals surface area contributed by atoms with E-state index in [0.29, 0.717) is 5.33 Å². The molecule has 0 aliphatic heterocycles. The number of hydrogen-bond donors (Lipinski definition) is 3. The Morgan fingerprint density at radius 3 is 2.18 bits per heavy atom. The lowest BCUT2D eigenvalue weighted by atomic mass is 9.83. The predicted octanol–water partition coefficient (Wildman–Crippen LogP) is -0.439. The molecule has 1 saturated carbocycles. The molecule has 0 aromatic heterocycles. The van der Waals surface area contributed by atoms with Crippen LogP contribution in [0, 0.1) is 0 Å². The molecule has 66 valence electrons. The van der Waals surface area contributed by atoms with Crippen molar-refractivity contribution < 1.29 is 20.1 Å². The number of halogens is 1. The van der Waals surface area contributed by atoms with Crippen molar-refractivity contribution in [3.05, 3.63) is 0 Å². The van der Waals surface area contributed by atoms with Crippen LogP contribution < -0.4 is 0 Å². The molecule has 11 heavy (non-hydrogen) atoms. The second-order valence-corrected chi connectivity index (χ2v) is 3.43. The number of alkyl halides is 1. The summed E-state index contributed by atoms with van der Waals surface area (Å²) in [7, 11) is 0. The predicted molar refractivity (Wildman–Crippen MR) is 41.1 cm³/mol. The number of aliphatic hydroxyl groups is 3. The van der Waals surface area contributed by atoms with Gasteiger partial charge in [-0.05, 0) is 0 Å². The van der Waals surface area contributed by atoms with Gasteiger partial charge in [0.05, 0.1) is 6.61 Å². The highest BCUT2D eigenvalue weighted by atomic mass is 79.9. The lowest BCUT2D eigenvalue weighted by Crippen LogP contribution is -2.64. The van der Waals surface area contributed by atoms with Gasteiger partial charge in [-0.3, -0.25) is 0 Å². The van der Waals surface area contributed by atoms with E-state index in [1.54, 1.807) is 0 Å². The van der Waals surface area contributed by atoms with Crippen LogP contribution in [0.3, 0.4) is 0 Å². The molecule has 0 saturated heterocycles. The zero-order chi connectivity index (χ0) is 8.54. The van der Waals surface area contributed by atoms with E-state index in [1.165, 1.54) is 0 Å². The van der Waals surface area contributed by atoms with Crippen LogP contribution in [0.15, 0.2) is 0 Å². The second-order valence-electron chi connectivity index (χ2n) is 2.64. The van der Waals surface area contributed by atoms with Crippen LogP contribution in [-0.2, 0) is 4.74 Å². The summed E-state index contributed by atoms with van der Waals surface area (Å²) >= 11 is 3.09. The second kappa shape index (κ2) is 2.99. The van der Waals surface area contributed by atoms with Crippen molar-refractivity contribution in [2.45, 2.75) is 24.4 Å². The van der Waals surface area contributed by atoms with E-state index >= 15 is 0 Å². The van der Waals surface area contributed by atoms with Gasteiger partial charge in [-0.25, -0.2) is 0 Å². The van der Waals surface area contributed by atoms with E-state index in [0.717, 1.165) is 0 Å². The van der Waals surface area contributed by atoms with Crippen LogP contribution in [0.25, 0.3) is 0 Å². The van der Waals surface area contributed by atoms with E-state index in [4.69, 9.17) is 14.9 Å². The molecule has 1 aliphatic rings. The van der Waals surface area contributed by atoms with Gasteiger partial charge in [0.25, 0.3) is 0 Å². The minimum Gasteiger partial charge on any atom is -0.361 e. The van der Waals surface area contributed by atoms with Gasteiger partial charge in [-0.1, -0.05) is 15.9 Å². The molecule has 0 aromatic carbocycles. The zero-order valence-electron chi connectivity index (χ0n) is 5.96. The van der Waals surface area contributed by atoms with Gasteiger partial charge in [-0.2, -0.15) is 0 Å². The highest BCUT2D eigenvalue weighted by Crippen LogP contribution is 2.41. The van der Waals surface area contributed by atoms with Crippen molar-refractivity contribution in [2.75, 3.05) is 11.9 Å². The molecule has 1 atom stereocenters. The van der Waals surface area contributed by atoms with E-state index in [-0.39, 0.29) is 19.4 Å². The normalized spacial score (nSPS) is 34.9. The third-order valence-electron chi connectivity index (χ3n) is 1.86. The monoisotopic (exact) mass is 226 g/mol. The number of hydrogen-bond acceptors (Lipinski definition) is 4. The molecule has 1 unspecified atom stereocenters. The molecule has 0 bridgehead atoms. The van der Waals surface area contributed by atoms with Gasteiger partial charge >= 0.3 is 0 Å². The van der Waals surface area contributed by atoms with Crippen LogP contribution in [-0.4, -0.2) is 38.8 Å². The van der Waals surface area contributed by atoms with Crippen LogP contribution in [0.1, 0.15) is 12.8 Å². The van der Waals surface area contributed by atoms with Crippen LogP contribution in [0.2, 0.25) is 0 Å². The first kappa shape index (κ1) is 9.41. The van der Waals surface area contributed by atoms with Crippen molar-refractivity contribution in [3.63, 3.8) is 0 Å². The van der Waals surface area contributed by atoms with E-state index in [9.17, 15) is 5.11 Å². The lowest BCUT2D eigenvalue weighted by Gasteiger charge is -2.47. The van der Waals surface area contributed by atoms with Crippen LogP contribution in [0.4, 0.5) is 0 Å². The summed E-state index contributed by atoms with van der Waals surface area (Å²) in [5.74, 6) is -3.81. The van der Waals surface area contributed by atoms with Crippen molar-refractivity contribution in [1.29, 1.82) is 0 Å². The standard InChI is InChI=1S/C6H11BrO4/c7-3-4-11-6(10)2-1-5(6,8)9/h8-10H,1-4H2. The summed E-state index contributed by atoms with van der Waals surface area (Å²) in [6.07, 6.45) is 0.429.